The zero-order valence-corrected chi connectivity index (χ0v) is 11.3. The van der Waals surface area contributed by atoms with E-state index in [1.54, 1.807) is 17.5 Å². The van der Waals surface area contributed by atoms with Crippen molar-refractivity contribution in [1.29, 1.82) is 0 Å². The lowest BCUT2D eigenvalue weighted by Crippen LogP contribution is -2.11. The number of anilines is 1. The Hall–Kier alpha value is -0.640. The topological polar surface area (TPSA) is 72.0 Å². The van der Waals surface area contributed by atoms with Crippen molar-refractivity contribution in [3.63, 3.8) is 0 Å². The Bertz CT molecular complexity index is 560. The van der Waals surface area contributed by atoms with Crippen LogP contribution in [0.15, 0.2) is 26.1 Å². The first-order valence-electron chi connectivity index (χ1n) is 4.05. The van der Waals surface area contributed by atoms with Crippen LogP contribution >= 0.6 is 34.4 Å². The van der Waals surface area contributed by atoms with Gasteiger partial charge < -0.3 is 0 Å². The first kappa shape index (κ1) is 11.8. The highest BCUT2D eigenvalue weighted by Gasteiger charge is 2.17. The van der Waals surface area contributed by atoms with Crippen LogP contribution in [0.3, 0.4) is 0 Å². The van der Waals surface area contributed by atoms with Crippen molar-refractivity contribution in [2.45, 2.75) is 8.55 Å². The van der Waals surface area contributed by atoms with Gasteiger partial charge in [0, 0.05) is 0 Å². The van der Waals surface area contributed by atoms with E-state index in [1.807, 2.05) is 6.26 Å². The molecule has 0 bridgehead atoms. The quantitative estimate of drug-likeness (QED) is 0.874. The van der Waals surface area contributed by atoms with Gasteiger partial charge in [-0.3, -0.25) is 4.72 Å². The molecule has 1 N–H and O–H groups in total. The van der Waals surface area contributed by atoms with E-state index < -0.39 is 10.0 Å². The number of thiophene rings is 1. The SMILES string of the molecule is CSc1nnc(NS(=O)(=O)c2cccs2)s1. The lowest BCUT2D eigenvalue weighted by atomic mass is 10.7. The minimum Gasteiger partial charge on any atom is -0.252 e. The van der Waals surface area contributed by atoms with Crippen molar-refractivity contribution in [2.24, 2.45) is 0 Å². The van der Waals surface area contributed by atoms with Crippen LogP contribution in [0.2, 0.25) is 0 Å². The van der Waals surface area contributed by atoms with Gasteiger partial charge in [-0.05, 0) is 17.7 Å². The molecule has 0 aromatic carbocycles. The third-order valence-electron chi connectivity index (χ3n) is 1.56. The molecule has 5 nitrogen and oxygen atoms in total. The standard InChI is InChI=1S/C7H7N3O2S4/c1-13-7-9-8-6(15-7)10-16(11,12)5-3-2-4-14-5/h2-4H,1H3,(H,8,10). The number of hydrogen-bond acceptors (Lipinski definition) is 7. The Kier molecular flexibility index (Phi) is 3.47. The lowest BCUT2D eigenvalue weighted by molar-refractivity contribution is 0.603. The molecule has 0 unspecified atom stereocenters. The molecule has 2 heterocycles. The molecule has 0 spiro atoms. The van der Waals surface area contributed by atoms with Crippen molar-refractivity contribution in [3.05, 3.63) is 17.5 Å². The molecule has 2 aromatic rings. The third kappa shape index (κ3) is 2.54. The van der Waals surface area contributed by atoms with Gasteiger partial charge in [0.05, 0.1) is 0 Å². The fourth-order valence-electron chi connectivity index (χ4n) is 0.915. The van der Waals surface area contributed by atoms with Gasteiger partial charge >= 0.3 is 0 Å². The molecule has 0 saturated heterocycles. The van der Waals surface area contributed by atoms with Crippen LogP contribution < -0.4 is 4.72 Å². The van der Waals surface area contributed by atoms with Crippen LogP contribution in [0.25, 0.3) is 0 Å². The molecular formula is C7H7N3O2S4. The molecule has 16 heavy (non-hydrogen) atoms. The predicted molar refractivity (Wildman–Crippen MR) is 66.8 cm³/mol. The Balaban J connectivity index is 2.21. The van der Waals surface area contributed by atoms with E-state index in [0.29, 0.717) is 0 Å². The maximum Gasteiger partial charge on any atom is 0.273 e. The van der Waals surface area contributed by atoms with Crippen LogP contribution in [0.4, 0.5) is 5.13 Å². The largest absolute Gasteiger partial charge is 0.273 e. The smallest absolute Gasteiger partial charge is 0.252 e. The maximum atomic E-state index is 11.8. The summed E-state index contributed by atoms with van der Waals surface area (Å²) in [6.45, 7) is 0. The van der Waals surface area contributed by atoms with Crippen LogP contribution in [0.5, 0.6) is 0 Å². The van der Waals surface area contributed by atoms with Gasteiger partial charge in [0.1, 0.15) is 4.21 Å². The third-order valence-corrected chi connectivity index (χ3v) is 6.24. The summed E-state index contributed by atoms with van der Waals surface area (Å²) in [6, 6.07) is 3.23. The van der Waals surface area contributed by atoms with E-state index in [2.05, 4.69) is 14.9 Å². The van der Waals surface area contributed by atoms with Gasteiger partial charge in [0.15, 0.2) is 4.34 Å². The second-order valence-corrected chi connectivity index (χ2v) is 7.50. The number of aromatic nitrogens is 2. The van der Waals surface area contributed by atoms with Crippen molar-refractivity contribution < 1.29 is 8.42 Å². The van der Waals surface area contributed by atoms with E-state index in [0.717, 1.165) is 15.7 Å². The number of thioether (sulfide) groups is 1. The summed E-state index contributed by atoms with van der Waals surface area (Å²) in [7, 11) is -3.50. The van der Waals surface area contributed by atoms with Gasteiger partial charge in [-0.2, -0.15) is 0 Å². The molecule has 0 fully saturated rings. The van der Waals surface area contributed by atoms with E-state index in [4.69, 9.17) is 0 Å². The highest BCUT2D eigenvalue weighted by Crippen LogP contribution is 2.26. The molecule has 0 atom stereocenters. The molecule has 0 saturated carbocycles. The molecule has 0 aliphatic carbocycles. The Morgan fingerprint density at radius 1 is 1.44 bits per heavy atom. The second-order valence-electron chi connectivity index (χ2n) is 2.61. The summed E-state index contributed by atoms with van der Waals surface area (Å²) in [4.78, 5) is 0. The molecule has 0 aliphatic rings. The van der Waals surface area contributed by atoms with Crippen LogP contribution in [0, 0.1) is 0 Å². The maximum absolute atomic E-state index is 11.8. The zero-order valence-electron chi connectivity index (χ0n) is 8.08. The normalized spacial score (nSPS) is 11.6. The molecule has 2 rings (SSSR count). The fourth-order valence-corrected chi connectivity index (χ4v) is 4.31. The minimum atomic E-state index is -3.50. The average molecular weight is 293 g/mol. The number of nitrogens with one attached hydrogen (secondary N) is 1. The van der Waals surface area contributed by atoms with Crippen molar-refractivity contribution >= 4 is 49.6 Å². The van der Waals surface area contributed by atoms with E-state index in [1.165, 1.54) is 23.1 Å². The summed E-state index contributed by atoms with van der Waals surface area (Å²) in [5, 5.41) is 9.55. The summed E-state index contributed by atoms with van der Waals surface area (Å²) < 4.78 is 27.0. The number of hydrogen-bond donors (Lipinski definition) is 1. The van der Waals surface area contributed by atoms with Crippen molar-refractivity contribution in [3.8, 4) is 0 Å². The second kappa shape index (κ2) is 4.70. The van der Waals surface area contributed by atoms with Gasteiger partial charge in [-0.25, -0.2) is 8.42 Å². The van der Waals surface area contributed by atoms with E-state index in [9.17, 15) is 8.42 Å². The highest BCUT2D eigenvalue weighted by molar-refractivity contribution is 8.00. The average Bonchev–Trinajstić information content (AvgIpc) is 2.86. The van der Waals surface area contributed by atoms with Crippen LogP contribution in [-0.4, -0.2) is 24.9 Å². The minimum absolute atomic E-state index is 0.272. The summed E-state index contributed by atoms with van der Waals surface area (Å²) in [5.74, 6) is 0. The molecule has 0 aliphatic heterocycles. The molecule has 9 heteroatoms. The van der Waals surface area contributed by atoms with Gasteiger partial charge in [0.25, 0.3) is 10.0 Å². The molecule has 2 aromatic heterocycles. The summed E-state index contributed by atoms with van der Waals surface area (Å²) in [6.07, 6.45) is 1.86. The van der Waals surface area contributed by atoms with E-state index >= 15 is 0 Å². The number of rotatable bonds is 4. The van der Waals surface area contributed by atoms with Gasteiger partial charge in [-0.1, -0.05) is 29.2 Å². The van der Waals surface area contributed by atoms with Gasteiger partial charge in [-0.15, -0.1) is 21.5 Å². The number of nitrogens with zero attached hydrogens (tertiary/aromatic N) is 2. The predicted octanol–water partition coefficient (Wildman–Crippen LogP) is 2.12. The van der Waals surface area contributed by atoms with Crippen LogP contribution in [0.1, 0.15) is 0 Å². The first-order chi connectivity index (χ1) is 7.62. The molecule has 0 radical (unpaired) electrons. The molecular weight excluding hydrogens is 286 g/mol. The lowest BCUT2D eigenvalue weighted by Gasteiger charge is -2.00. The molecule has 0 amide bonds. The Morgan fingerprint density at radius 3 is 2.81 bits per heavy atom. The highest BCUT2D eigenvalue weighted by atomic mass is 32.2. The van der Waals surface area contributed by atoms with E-state index in [-0.39, 0.29) is 9.34 Å². The Morgan fingerprint density at radius 2 is 2.25 bits per heavy atom. The summed E-state index contributed by atoms with van der Waals surface area (Å²) in [5.41, 5.74) is 0. The fraction of sp³-hybridized carbons (Fsp3) is 0.143. The van der Waals surface area contributed by atoms with Crippen molar-refractivity contribution in [1.82, 2.24) is 10.2 Å². The van der Waals surface area contributed by atoms with Crippen LogP contribution in [-0.2, 0) is 10.0 Å². The molecule has 86 valence electrons. The zero-order chi connectivity index (χ0) is 11.6. The Labute approximate surface area is 105 Å². The summed E-state index contributed by atoms with van der Waals surface area (Å²) >= 11 is 3.80. The number of sulfonamides is 1. The first-order valence-corrected chi connectivity index (χ1v) is 8.46. The monoisotopic (exact) mass is 293 g/mol. The van der Waals surface area contributed by atoms with Gasteiger partial charge in [0.2, 0.25) is 5.13 Å². The van der Waals surface area contributed by atoms with Crippen molar-refractivity contribution in [2.75, 3.05) is 11.0 Å².